The number of aryl methyl sites for hydroxylation is 1. The molecule has 4 aromatic rings. The molecule has 0 aliphatic heterocycles. The molecule has 0 spiro atoms. The van der Waals surface area contributed by atoms with Crippen LogP contribution in [0.2, 0.25) is 5.02 Å². The standard InChI is InChI=1S/C25H23ClN4O4S2/c1-14-20(15-8-6-5-7-9-15)21(24(32)34-4)23(36-14)27-19(31)13-35-25-29-28-22(30(25)2)17-12-16(26)10-11-18(17)33-3/h5-12H,13H2,1-4H3,(H,27,31). The van der Waals surface area contributed by atoms with Gasteiger partial charge in [0.25, 0.3) is 0 Å². The molecule has 36 heavy (non-hydrogen) atoms. The molecule has 0 aliphatic rings. The molecule has 1 N–H and O–H groups in total. The van der Waals surface area contributed by atoms with Gasteiger partial charge in [0.05, 0.1) is 25.5 Å². The lowest BCUT2D eigenvalue weighted by atomic mass is 10.0. The van der Waals surface area contributed by atoms with Crippen molar-refractivity contribution < 1.29 is 19.1 Å². The summed E-state index contributed by atoms with van der Waals surface area (Å²) in [7, 11) is 4.70. The molecule has 0 radical (unpaired) electrons. The van der Waals surface area contributed by atoms with Crippen LogP contribution < -0.4 is 10.1 Å². The van der Waals surface area contributed by atoms with E-state index in [9.17, 15) is 9.59 Å². The lowest BCUT2D eigenvalue weighted by molar-refractivity contribution is -0.113. The van der Waals surface area contributed by atoms with E-state index in [0.29, 0.717) is 37.9 Å². The van der Waals surface area contributed by atoms with Crippen LogP contribution in [0.25, 0.3) is 22.5 Å². The Kier molecular flexibility index (Phi) is 7.97. The van der Waals surface area contributed by atoms with Gasteiger partial charge in [0.1, 0.15) is 16.3 Å². The molecule has 0 fully saturated rings. The molecule has 0 unspecified atom stereocenters. The van der Waals surface area contributed by atoms with E-state index >= 15 is 0 Å². The molecule has 2 aromatic heterocycles. The maximum atomic E-state index is 12.9. The second-order valence-electron chi connectivity index (χ2n) is 7.64. The quantitative estimate of drug-likeness (QED) is 0.225. The van der Waals surface area contributed by atoms with E-state index in [2.05, 4.69) is 15.5 Å². The number of rotatable bonds is 8. The van der Waals surface area contributed by atoms with Gasteiger partial charge < -0.3 is 19.4 Å². The number of anilines is 1. The zero-order chi connectivity index (χ0) is 25.8. The lowest BCUT2D eigenvalue weighted by Gasteiger charge is -2.09. The van der Waals surface area contributed by atoms with Crippen molar-refractivity contribution >= 4 is 51.6 Å². The molecule has 0 bridgehead atoms. The average Bonchev–Trinajstić information content (AvgIpc) is 3.41. The van der Waals surface area contributed by atoms with Gasteiger partial charge in [-0.05, 0) is 30.7 Å². The maximum absolute atomic E-state index is 12.9. The van der Waals surface area contributed by atoms with Crippen molar-refractivity contribution in [2.75, 3.05) is 25.3 Å². The molecule has 8 nitrogen and oxygen atoms in total. The zero-order valence-corrected chi connectivity index (χ0v) is 22.4. The minimum Gasteiger partial charge on any atom is -0.496 e. The first-order chi connectivity index (χ1) is 17.3. The summed E-state index contributed by atoms with van der Waals surface area (Å²) in [6, 6.07) is 14.8. The minimum absolute atomic E-state index is 0.0664. The first-order valence-electron chi connectivity index (χ1n) is 10.8. The number of thiophene rings is 1. The first-order valence-corrected chi connectivity index (χ1v) is 12.9. The van der Waals surface area contributed by atoms with Crippen LogP contribution >= 0.6 is 34.7 Å². The summed E-state index contributed by atoms with van der Waals surface area (Å²) in [6.07, 6.45) is 0. The van der Waals surface area contributed by atoms with Crippen molar-refractivity contribution in [1.82, 2.24) is 14.8 Å². The molecular weight excluding hydrogens is 520 g/mol. The number of hydrogen-bond donors (Lipinski definition) is 1. The molecule has 2 aromatic carbocycles. The second-order valence-corrected chi connectivity index (χ2v) is 10.2. The summed E-state index contributed by atoms with van der Waals surface area (Å²) in [5.74, 6) is 0.454. The number of hydrogen-bond acceptors (Lipinski definition) is 8. The van der Waals surface area contributed by atoms with Gasteiger partial charge in [-0.25, -0.2) is 4.79 Å². The van der Waals surface area contributed by atoms with E-state index in [0.717, 1.165) is 16.0 Å². The van der Waals surface area contributed by atoms with Crippen molar-refractivity contribution in [3.63, 3.8) is 0 Å². The van der Waals surface area contributed by atoms with Crippen LogP contribution in [0, 0.1) is 6.92 Å². The zero-order valence-electron chi connectivity index (χ0n) is 20.0. The monoisotopic (exact) mass is 542 g/mol. The maximum Gasteiger partial charge on any atom is 0.341 e. The third kappa shape index (κ3) is 5.25. The summed E-state index contributed by atoms with van der Waals surface area (Å²) in [4.78, 5) is 26.4. The number of aromatic nitrogens is 3. The van der Waals surface area contributed by atoms with Crippen LogP contribution in [0.4, 0.5) is 5.00 Å². The number of nitrogens with one attached hydrogen (secondary N) is 1. The second kappa shape index (κ2) is 11.2. The Morgan fingerprint density at radius 3 is 2.58 bits per heavy atom. The molecule has 11 heteroatoms. The molecule has 1 amide bonds. The normalized spacial score (nSPS) is 10.8. The number of ether oxygens (including phenoxy) is 2. The molecule has 0 saturated carbocycles. The molecule has 4 rings (SSSR count). The Morgan fingerprint density at radius 1 is 1.14 bits per heavy atom. The number of nitrogens with zero attached hydrogens (tertiary/aromatic N) is 3. The molecule has 186 valence electrons. The molecular formula is C25H23ClN4O4S2. The number of thioether (sulfide) groups is 1. The highest BCUT2D eigenvalue weighted by Crippen LogP contribution is 2.40. The van der Waals surface area contributed by atoms with E-state index in [-0.39, 0.29) is 11.7 Å². The fourth-order valence-electron chi connectivity index (χ4n) is 3.70. The Morgan fingerprint density at radius 2 is 1.89 bits per heavy atom. The van der Waals surface area contributed by atoms with Gasteiger partial charge in [0, 0.05) is 22.5 Å². The third-order valence-electron chi connectivity index (χ3n) is 5.36. The summed E-state index contributed by atoms with van der Waals surface area (Å²) in [5.41, 5.74) is 2.67. The van der Waals surface area contributed by atoms with Crippen molar-refractivity contribution in [2.24, 2.45) is 7.05 Å². The van der Waals surface area contributed by atoms with Gasteiger partial charge in [0.15, 0.2) is 11.0 Å². The lowest BCUT2D eigenvalue weighted by Crippen LogP contribution is -2.16. The number of amides is 1. The van der Waals surface area contributed by atoms with Crippen LogP contribution in [0.3, 0.4) is 0 Å². The van der Waals surface area contributed by atoms with E-state index < -0.39 is 5.97 Å². The van der Waals surface area contributed by atoms with Crippen LogP contribution in [0.5, 0.6) is 5.75 Å². The number of esters is 1. The van der Waals surface area contributed by atoms with Gasteiger partial charge >= 0.3 is 5.97 Å². The van der Waals surface area contributed by atoms with E-state index in [1.165, 1.54) is 30.2 Å². The summed E-state index contributed by atoms with van der Waals surface area (Å²) in [5, 5.41) is 12.9. The molecule has 0 aliphatic carbocycles. The molecule has 0 saturated heterocycles. The van der Waals surface area contributed by atoms with Crippen molar-refractivity contribution in [1.29, 1.82) is 0 Å². The van der Waals surface area contributed by atoms with Crippen LogP contribution in [-0.4, -0.2) is 46.6 Å². The Labute approximate surface area is 221 Å². The molecule has 0 atom stereocenters. The van der Waals surface area contributed by atoms with Gasteiger partial charge in [-0.1, -0.05) is 53.7 Å². The van der Waals surface area contributed by atoms with Gasteiger partial charge in [-0.3, -0.25) is 4.79 Å². The third-order valence-corrected chi connectivity index (χ3v) is 7.63. The smallest absolute Gasteiger partial charge is 0.341 e. The highest BCUT2D eigenvalue weighted by molar-refractivity contribution is 7.99. The van der Waals surface area contributed by atoms with Gasteiger partial charge in [-0.2, -0.15) is 0 Å². The Balaban J connectivity index is 1.53. The topological polar surface area (TPSA) is 95.3 Å². The van der Waals surface area contributed by atoms with E-state index in [4.69, 9.17) is 21.1 Å². The number of methoxy groups -OCH3 is 2. The predicted octanol–water partition coefficient (Wildman–Crippen LogP) is 5.70. The number of halogens is 1. The average molecular weight is 543 g/mol. The Hall–Kier alpha value is -3.34. The predicted molar refractivity (Wildman–Crippen MR) is 143 cm³/mol. The van der Waals surface area contributed by atoms with E-state index in [1.54, 1.807) is 36.9 Å². The first kappa shape index (κ1) is 25.7. The largest absolute Gasteiger partial charge is 0.496 e. The van der Waals surface area contributed by atoms with Crippen molar-refractivity contribution in [3.05, 3.63) is 64.0 Å². The van der Waals surface area contributed by atoms with Crippen molar-refractivity contribution in [2.45, 2.75) is 12.1 Å². The van der Waals surface area contributed by atoms with E-state index in [1.807, 2.05) is 37.3 Å². The highest BCUT2D eigenvalue weighted by atomic mass is 35.5. The SMILES string of the molecule is COC(=O)c1c(NC(=O)CSc2nnc(-c3cc(Cl)ccc3OC)n2C)sc(C)c1-c1ccccc1. The minimum atomic E-state index is -0.505. The van der Waals surface area contributed by atoms with Gasteiger partial charge in [-0.15, -0.1) is 21.5 Å². The van der Waals surface area contributed by atoms with Crippen LogP contribution in [-0.2, 0) is 16.6 Å². The summed E-state index contributed by atoms with van der Waals surface area (Å²) >= 11 is 8.72. The highest BCUT2D eigenvalue weighted by Gasteiger charge is 2.25. The number of benzene rings is 2. The summed E-state index contributed by atoms with van der Waals surface area (Å²) in [6.45, 7) is 1.91. The van der Waals surface area contributed by atoms with Crippen LogP contribution in [0.1, 0.15) is 15.2 Å². The fourth-order valence-corrected chi connectivity index (χ4v) is 5.67. The number of carbonyl (C=O) groups is 2. The van der Waals surface area contributed by atoms with Gasteiger partial charge in [0.2, 0.25) is 5.91 Å². The van der Waals surface area contributed by atoms with Crippen molar-refractivity contribution in [3.8, 4) is 28.3 Å². The number of carbonyl (C=O) groups excluding carboxylic acids is 2. The summed E-state index contributed by atoms with van der Waals surface area (Å²) < 4.78 is 12.2. The Bertz CT molecular complexity index is 1420. The molecule has 2 heterocycles. The fraction of sp³-hybridized carbons (Fsp3) is 0.200. The van der Waals surface area contributed by atoms with Crippen LogP contribution in [0.15, 0.2) is 53.7 Å².